The van der Waals surface area contributed by atoms with E-state index in [1.165, 1.54) is 36.5 Å². The maximum Gasteiger partial charge on any atom is 0.348 e. The lowest BCUT2D eigenvalue weighted by molar-refractivity contribution is -0.131. The van der Waals surface area contributed by atoms with Crippen molar-refractivity contribution >= 4 is 34.7 Å². The van der Waals surface area contributed by atoms with Crippen LogP contribution in [0, 0.1) is 11.7 Å². The molecule has 0 spiro atoms. The molecule has 2 aliphatic rings. The second kappa shape index (κ2) is 9.62. The van der Waals surface area contributed by atoms with Crippen molar-refractivity contribution in [1.82, 2.24) is 0 Å². The number of para-hydroxylation sites is 1. The number of benzene rings is 2. The van der Waals surface area contributed by atoms with Gasteiger partial charge in [-0.2, -0.15) is 0 Å². The molecule has 6 nitrogen and oxygen atoms in total. The van der Waals surface area contributed by atoms with Crippen LogP contribution in [0.2, 0.25) is 0 Å². The van der Waals surface area contributed by atoms with Gasteiger partial charge in [0.15, 0.2) is 10.8 Å². The smallest absolute Gasteiger partial charge is 0.348 e. The van der Waals surface area contributed by atoms with Crippen LogP contribution in [0.3, 0.4) is 0 Å². The zero-order valence-electron chi connectivity index (χ0n) is 19.2. The molecule has 1 saturated carbocycles. The SMILES string of the molecule is CC(=O)Oc1ccccc1C(=O)Oc1cc2c(s1)CCCN2C(C(=O)C1CC1)c1ccccc1F. The molecule has 0 saturated heterocycles. The maximum absolute atomic E-state index is 14.8. The summed E-state index contributed by atoms with van der Waals surface area (Å²) >= 11 is 1.34. The number of ketones is 1. The second-order valence-electron chi connectivity index (χ2n) is 8.75. The number of esters is 2. The van der Waals surface area contributed by atoms with Gasteiger partial charge in [-0.05, 0) is 43.9 Å². The Kier molecular flexibility index (Phi) is 6.38. The summed E-state index contributed by atoms with van der Waals surface area (Å²) in [4.78, 5) is 40.6. The topological polar surface area (TPSA) is 72.9 Å². The summed E-state index contributed by atoms with van der Waals surface area (Å²) in [5, 5.41) is 0.371. The first-order valence-electron chi connectivity index (χ1n) is 11.6. The van der Waals surface area contributed by atoms with Crippen LogP contribution in [0.1, 0.15) is 53.0 Å². The van der Waals surface area contributed by atoms with Crippen molar-refractivity contribution in [1.29, 1.82) is 0 Å². The van der Waals surface area contributed by atoms with Gasteiger partial charge in [0.2, 0.25) is 0 Å². The Morgan fingerprint density at radius 3 is 2.54 bits per heavy atom. The predicted molar refractivity (Wildman–Crippen MR) is 130 cm³/mol. The van der Waals surface area contributed by atoms with Crippen molar-refractivity contribution in [2.45, 2.75) is 38.6 Å². The van der Waals surface area contributed by atoms with Crippen molar-refractivity contribution < 1.29 is 28.2 Å². The minimum atomic E-state index is -0.717. The van der Waals surface area contributed by atoms with Crippen molar-refractivity contribution in [2.75, 3.05) is 11.4 Å². The molecule has 1 aromatic heterocycles. The van der Waals surface area contributed by atoms with Gasteiger partial charge in [-0.3, -0.25) is 9.59 Å². The predicted octanol–water partition coefficient (Wildman–Crippen LogP) is 5.50. The number of rotatable bonds is 7. The lowest BCUT2D eigenvalue weighted by Gasteiger charge is -2.36. The van der Waals surface area contributed by atoms with Gasteiger partial charge in [0, 0.05) is 35.9 Å². The molecular formula is C27H24FNO5S. The minimum Gasteiger partial charge on any atom is -0.426 e. The molecular weight excluding hydrogens is 469 g/mol. The highest BCUT2D eigenvalue weighted by molar-refractivity contribution is 7.14. The zero-order chi connectivity index (χ0) is 24.5. The number of ether oxygens (including phenoxy) is 2. The van der Waals surface area contributed by atoms with Crippen molar-refractivity contribution in [2.24, 2.45) is 5.92 Å². The fraction of sp³-hybridized carbons (Fsp3) is 0.296. The number of Topliss-reactive ketones (excluding diaryl/α,β-unsaturated/α-hetero) is 1. The summed E-state index contributed by atoms with van der Waals surface area (Å²) in [6.45, 7) is 1.86. The lowest BCUT2D eigenvalue weighted by atomic mass is 9.95. The Bertz CT molecular complexity index is 1300. The van der Waals surface area contributed by atoms with E-state index in [0.29, 0.717) is 17.2 Å². The first kappa shape index (κ1) is 23.2. The van der Waals surface area contributed by atoms with Crippen LogP contribution in [0.5, 0.6) is 10.8 Å². The fourth-order valence-electron chi connectivity index (χ4n) is 4.45. The summed E-state index contributed by atoms with van der Waals surface area (Å²) in [5.74, 6) is -1.47. The Morgan fingerprint density at radius 1 is 1.06 bits per heavy atom. The first-order valence-corrected chi connectivity index (χ1v) is 12.4. The standard InChI is InChI=1S/C27H24FNO5S/c1-16(30)33-22-10-5-3-8-19(22)27(32)34-24-15-21-23(35-24)11-6-14-29(21)25(26(31)17-12-13-17)18-7-2-4-9-20(18)28/h2-5,7-10,15,17,25H,6,11-14H2,1H3. The summed E-state index contributed by atoms with van der Waals surface area (Å²) in [6, 6.07) is 13.8. The van der Waals surface area contributed by atoms with E-state index in [9.17, 15) is 18.8 Å². The van der Waals surface area contributed by atoms with Gasteiger partial charge in [-0.15, -0.1) is 11.3 Å². The third kappa shape index (κ3) is 4.84. The van der Waals surface area contributed by atoms with E-state index in [1.807, 2.05) is 4.90 Å². The fourth-order valence-corrected chi connectivity index (χ4v) is 5.51. The normalized spacial score (nSPS) is 15.8. The van der Waals surface area contributed by atoms with Crippen molar-refractivity contribution in [3.63, 3.8) is 0 Å². The molecule has 1 unspecified atom stereocenters. The number of carbonyl (C=O) groups excluding carboxylic acids is 3. The van der Waals surface area contributed by atoms with E-state index in [4.69, 9.17) is 9.47 Å². The number of halogens is 1. The van der Waals surface area contributed by atoms with Crippen LogP contribution in [0.25, 0.3) is 0 Å². The molecule has 180 valence electrons. The molecule has 2 aromatic carbocycles. The number of fused-ring (bicyclic) bond motifs is 1. The number of hydrogen-bond acceptors (Lipinski definition) is 7. The van der Waals surface area contributed by atoms with Gasteiger partial charge in [-0.25, -0.2) is 9.18 Å². The molecule has 0 bridgehead atoms. The highest BCUT2D eigenvalue weighted by Gasteiger charge is 2.41. The molecule has 0 N–H and O–H groups in total. The van der Waals surface area contributed by atoms with Crippen LogP contribution in [-0.4, -0.2) is 24.3 Å². The number of hydrogen-bond donors (Lipinski definition) is 0. The molecule has 0 amide bonds. The second-order valence-corrected chi connectivity index (χ2v) is 9.85. The van der Waals surface area contributed by atoms with Gasteiger partial charge in [-0.1, -0.05) is 30.3 Å². The lowest BCUT2D eigenvalue weighted by Crippen LogP contribution is -2.38. The highest BCUT2D eigenvalue weighted by Crippen LogP contribution is 2.46. The van der Waals surface area contributed by atoms with Gasteiger partial charge < -0.3 is 14.4 Å². The number of nitrogens with zero attached hydrogens (tertiary/aromatic N) is 1. The monoisotopic (exact) mass is 493 g/mol. The van der Waals surface area contributed by atoms with Crippen molar-refractivity contribution in [3.05, 3.63) is 76.4 Å². The number of carbonyl (C=O) groups is 3. The average molecular weight is 494 g/mol. The molecule has 1 aliphatic carbocycles. The quantitative estimate of drug-likeness (QED) is 0.320. The van der Waals surface area contributed by atoms with E-state index in [1.54, 1.807) is 36.4 Å². The van der Waals surface area contributed by atoms with E-state index in [2.05, 4.69) is 0 Å². The zero-order valence-corrected chi connectivity index (χ0v) is 20.0. The Balaban J connectivity index is 1.45. The third-order valence-electron chi connectivity index (χ3n) is 6.19. The molecule has 35 heavy (non-hydrogen) atoms. The van der Waals surface area contributed by atoms with Gasteiger partial charge in [0.05, 0.1) is 5.69 Å². The van der Waals surface area contributed by atoms with Crippen LogP contribution in [-0.2, 0) is 16.0 Å². The molecule has 1 aliphatic heterocycles. The Morgan fingerprint density at radius 2 is 1.80 bits per heavy atom. The number of thiophene rings is 1. The summed E-state index contributed by atoms with van der Waals surface area (Å²) < 4.78 is 25.6. The first-order chi connectivity index (χ1) is 16.9. The third-order valence-corrected chi connectivity index (χ3v) is 7.25. The van der Waals surface area contributed by atoms with E-state index >= 15 is 0 Å². The summed E-state index contributed by atoms with van der Waals surface area (Å²) in [6.07, 6.45) is 3.25. The Hall–Kier alpha value is -3.52. The van der Waals surface area contributed by atoms with Gasteiger partial charge in [0.25, 0.3) is 0 Å². The molecule has 5 rings (SSSR count). The van der Waals surface area contributed by atoms with Crippen LogP contribution >= 0.6 is 11.3 Å². The van der Waals surface area contributed by atoms with Crippen molar-refractivity contribution in [3.8, 4) is 10.8 Å². The molecule has 8 heteroatoms. The molecule has 1 atom stereocenters. The van der Waals surface area contributed by atoms with Crippen LogP contribution < -0.4 is 14.4 Å². The summed E-state index contributed by atoms with van der Waals surface area (Å²) in [7, 11) is 0. The number of aryl methyl sites for hydroxylation is 1. The molecule has 0 radical (unpaired) electrons. The van der Waals surface area contributed by atoms with E-state index < -0.39 is 23.8 Å². The molecule has 2 heterocycles. The van der Waals surface area contributed by atoms with Gasteiger partial charge >= 0.3 is 11.9 Å². The Labute approximate surface area is 206 Å². The molecule has 1 fully saturated rings. The minimum absolute atomic E-state index is 0.0306. The van der Waals surface area contributed by atoms with E-state index in [0.717, 1.165) is 36.2 Å². The largest absolute Gasteiger partial charge is 0.426 e. The molecule has 3 aromatic rings. The van der Waals surface area contributed by atoms with Crippen LogP contribution in [0.4, 0.5) is 10.1 Å². The summed E-state index contributed by atoms with van der Waals surface area (Å²) in [5.41, 5.74) is 1.30. The average Bonchev–Trinajstić information content (AvgIpc) is 3.60. The van der Waals surface area contributed by atoms with Gasteiger partial charge in [0.1, 0.15) is 23.2 Å². The highest BCUT2D eigenvalue weighted by atomic mass is 32.1. The van der Waals surface area contributed by atoms with Crippen LogP contribution in [0.15, 0.2) is 54.6 Å². The van der Waals surface area contributed by atoms with E-state index in [-0.39, 0.29) is 23.0 Å². The number of anilines is 1. The maximum atomic E-state index is 14.8.